The third-order valence-corrected chi connectivity index (χ3v) is 4.27. The second kappa shape index (κ2) is 7.01. The Bertz CT molecular complexity index is 605. The molecule has 0 radical (unpaired) electrons. The average Bonchev–Trinajstić information content (AvgIpc) is 3.34. The van der Waals surface area contributed by atoms with Gasteiger partial charge in [-0.25, -0.2) is 0 Å². The highest BCUT2D eigenvalue weighted by molar-refractivity contribution is 5.74. The highest BCUT2D eigenvalue weighted by atomic mass is 16.6. The normalized spacial score (nSPS) is 25.0. The summed E-state index contributed by atoms with van der Waals surface area (Å²) in [6.45, 7) is 0.611. The summed E-state index contributed by atoms with van der Waals surface area (Å²) < 4.78 is 16.6. The van der Waals surface area contributed by atoms with Crippen molar-refractivity contribution in [3.05, 3.63) is 59.6 Å². The molecule has 1 aromatic rings. The number of epoxide rings is 1. The number of carbonyl (C=O) groups is 1. The maximum Gasteiger partial charge on any atom is 0.176 e. The van der Waals surface area contributed by atoms with Crippen LogP contribution in [0.2, 0.25) is 0 Å². The van der Waals surface area contributed by atoms with Crippen molar-refractivity contribution in [1.82, 2.24) is 0 Å². The first-order valence-corrected chi connectivity index (χ1v) is 8.07. The van der Waals surface area contributed by atoms with Crippen LogP contribution in [-0.4, -0.2) is 31.7 Å². The molecule has 1 fully saturated rings. The fourth-order valence-corrected chi connectivity index (χ4v) is 2.85. The van der Waals surface area contributed by atoms with Gasteiger partial charge in [-0.05, 0) is 43.4 Å². The first-order chi connectivity index (χ1) is 11.3. The molecule has 4 nitrogen and oxygen atoms in total. The van der Waals surface area contributed by atoms with Crippen LogP contribution in [0.15, 0.2) is 54.0 Å². The Morgan fingerprint density at radius 2 is 2.04 bits per heavy atom. The van der Waals surface area contributed by atoms with Crippen LogP contribution in [0.1, 0.15) is 24.8 Å². The summed E-state index contributed by atoms with van der Waals surface area (Å²) in [5, 5.41) is 0. The Morgan fingerprint density at radius 1 is 1.22 bits per heavy atom. The molecule has 1 aliphatic carbocycles. The number of ether oxygens (including phenoxy) is 3. The van der Waals surface area contributed by atoms with Gasteiger partial charge in [-0.2, -0.15) is 0 Å². The standard InChI is InChI=1S/C19H22O4/c1-21-16-11-12-19(14-20)18(23-19)17(16)22-13-7-3-6-10-15-8-4-2-5-9-15/h2,4-5,8-9,11-12,14,18H,3,6-7,10,13H2,1H3. The van der Waals surface area contributed by atoms with Crippen LogP contribution in [0.5, 0.6) is 0 Å². The summed E-state index contributed by atoms with van der Waals surface area (Å²) in [6, 6.07) is 10.5. The van der Waals surface area contributed by atoms with Crippen LogP contribution in [0.4, 0.5) is 0 Å². The lowest BCUT2D eigenvalue weighted by Crippen LogP contribution is -2.21. The zero-order valence-corrected chi connectivity index (χ0v) is 13.4. The van der Waals surface area contributed by atoms with Crippen molar-refractivity contribution in [2.75, 3.05) is 13.7 Å². The molecular formula is C19H22O4. The summed E-state index contributed by atoms with van der Waals surface area (Å²) in [6.07, 6.45) is 8.30. The van der Waals surface area contributed by atoms with E-state index < -0.39 is 5.60 Å². The highest BCUT2D eigenvalue weighted by Crippen LogP contribution is 2.45. The van der Waals surface area contributed by atoms with E-state index in [2.05, 4.69) is 24.3 Å². The smallest absolute Gasteiger partial charge is 0.176 e. The second-order valence-electron chi connectivity index (χ2n) is 5.88. The molecule has 3 rings (SSSR count). The number of aryl methyl sites for hydroxylation is 1. The van der Waals surface area contributed by atoms with Crippen molar-refractivity contribution in [3.63, 3.8) is 0 Å². The van der Waals surface area contributed by atoms with E-state index in [4.69, 9.17) is 14.2 Å². The van der Waals surface area contributed by atoms with E-state index in [1.165, 1.54) is 5.56 Å². The summed E-state index contributed by atoms with van der Waals surface area (Å²) in [5.74, 6) is 1.29. The van der Waals surface area contributed by atoms with E-state index in [1.807, 2.05) is 6.07 Å². The van der Waals surface area contributed by atoms with Crippen LogP contribution in [0.3, 0.4) is 0 Å². The minimum atomic E-state index is -0.815. The van der Waals surface area contributed by atoms with Crippen LogP contribution in [0.25, 0.3) is 0 Å². The molecule has 0 aromatic heterocycles. The summed E-state index contributed by atoms with van der Waals surface area (Å²) >= 11 is 0. The van der Waals surface area contributed by atoms with Crippen LogP contribution >= 0.6 is 0 Å². The van der Waals surface area contributed by atoms with Gasteiger partial charge in [0.25, 0.3) is 0 Å². The van der Waals surface area contributed by atoms with E-state index in [-0.39, 0.29) is 6.10 Å². The van der Waals surface area contributed by atoms with Crippen LogP contribution in [0, 0.1) is 0 Å². The fraction of sp³-hybridized carbons (Fsp3) is 0.421. The Kier molecular flexibility index (Phi) is 4.82. The number of rotatable bonds is 9. The van der Waals surface area contributed by atoms with Crippen LogP contribution < -0.4 is 0 Å². The number of carbonyl (C=O) groups excluding carboxylic acids is 1. The molecule has 4 heteroatoms. The fourth-order valence-electron chi connectivity index (χ4n) is 2.85. The molecule has 122 valence electrons. The number of benzene rings is 1. The Hall–Kier alpha value is -2.07. The predicted molar refractivity (Wildman–Crippen MR) is 86.8 cm³/mol. The summed E-state index contributed by atoms with van der Waals surface area (Å²) in [5.41, 5.74) is 0.558. The second-order valence-corrected chi connectivity index (χ2v) is 5.88. The van der Waals surface area contributed by atoms with Crippen molar-refractivity contribution < 1.29 is 19.0 Å². The number of hydrogen-bond donors (Lipinski definition) is 0. The van der Waals surface area contributed by atoms with E-state index in [0.717, 1.165) is 32.0 Å². The monoisotopic (exact) mass is 314 g/mol. The van der Waals surface area contributed by atoms with E-state index >= 15 is 0 Å². The van der Waals surface area contributed by atoms with Gasteiger partial charge in [0.15, 0.2) is 29.5 Å². The lowest BCUT2D eigenvalue weighted by atomic mass is 10.00. The average molecular weight is 314 g/mol. The molecule has 1 saturated heterocycles. The number of unbranched alkanes of at least 4 members (excludes halogenated alkanes) is 2. The molecule has 1 heterocycles. The number of aldehydes is 1. The SMILES string of the molecule is COC1=C(OCCCCCc2ccccc2)C2OC2(C=O)C=C1. The molecule has 23 heavy (non-hydrogen) atoms. The molecule has 0 saturated carbocycles. The number of fused-ring (bicyclic) bond motifs is 1. The minimum Gasteiger partial charge on any atom is -0.493 e. The van der Waals surface area contributed by atoms with Crippen molar-refractivity contribution in [2.24, 2.45) is 0 Å². The predicted octanol–water partition coefficient (Wildman–Crippen LogP) is 3.18. The van der Waals surface area contributed by atoms with Gasteiger partial charge in [-0.15, -0.1) is 0 Å². The Morgan fingerprint density at radius 3 is 2.78 bits per heavy atom. The van der Waals surface area contributed by atoms with E-state index in [9.17, 15) is 4.79 Å². The number of hydrogen-bond acceptors (Lipinski definition) is 4. The summed E-state index contributed by atoms with van der Waals surface area (Å²) in [7, 11) is 1.60. The lowest BCUT2D eigenvalue weighted by Gasteiger charge is -2.15. The maximum atomic E-state index is 11.1. The number of methoxy groups -OCH3 is 1. The zero-order valence-electron chi connectivity index (χ0n) is 13.4. The quantitative estimate of drug-likeness (QED) is 0.399. The molecule has 0 N–H and O–H groups in total. The molecule has 0 bridgehead atoms. The van der Waals surface area contributed by atoms with E-state index in [1.54, 1.807) is 19.3 Å². The van der Waals surface area contributed by atoms with Crippen molar-refractivity contribution in [1.29, 1.82) is 0 Å². The molecule has 1 aliphatic heterocycles. The van der Waals surface area contributed by atoms with Crippen molar-refractivity contribution >= 4 is 6.29 Å². The molecule has 0 spiro atoms. The lowest BCUT2D eigenvalue weighted by molar-refractivity contribution is -0.110. The van der Waals surface area contributed by atoms with Gasteiger partial charge in [0.05, 0.1) is 13.7 Å². The first-order valence-electron chi connectivity index (χ1n) is 8.07. The van der Waals surface area contributed by atoms with E-state index in [0.29, 0.717) is 18.1 Å². The Labute approximate surface area is 136 Å². The summed E-state index contributed by atoms with van der Waals surface area (Å²) in [4.78, 5) is 11.1. The molecule has 2 unspecified atom stereocenters. The van der Waals surface area contributed by atoms with Gasteiger partial charge in [-0.3, -0.25) is 4.79 Å². The van der Waals surface area contributed by atoms with Crippen molar-refractivity contribution in [2.45, 2.75) is 37.4 Å². The largest absolute Gasteiger partial charge is 0.493 e. The molecule has 2 atom stereocenters. The zero-order chi connectivity index (χ0) is 16.1. The third-order valence-electron chi connectivity index (χ3n) is 4.27. The Balaban J connectivity index is 1.41. The van der Waals surface area contributed by atoms with Gasteiger partial charge in [-0.1, -0.05) is 30.3 Å². The first kappa shape index (κ1) is 15.8. The minimum absolute atomic E-state index is 0.315. The van der Waals surface area contributed by atoms with Gasteiger partial charge in [0.1, 0.15) is 0 Å². The molecule has 2 aliphatic rings. The topological polar surface area (TPSA) is 48.1 Å². The number of allylic oxidation sites excluding steroid dienone is 1. The third kappa shape index (κ3) is 3.48. The van der Waals surface area contributed by atoms with Gasteiger partial charge >= 0.3 is 0 Å². The van der Waals surface area contributed by atoms with Gasteiger partial charge < -0.3 is 14.2 Å². The molecule has 1 aromatic carbocycles. The van der Waals surface area contributed by atoms with Crippen LogP contribution in [-0.2, 0) is 25.4 Å². The maximum absolute atomic E-state index is 11.1. The van der Waals surface area contributed by atoms with Crippen molar-refractivity contribution in [3.8, 4) is 0 Å². The highest BCUT2D eigenvalue weighted by Gasteiger charge is 2.60. The molecule has 0 amide bonds. The van der Waals surface area contributed by atoms with Gasteiger partial charge in [0.2, 0.25) is 0 Å². The van der Waals surface area contributed by atoms with Gasteiger partial charge in [0, 0.05) is 0 Å². The molecular weight excluding hydrogens is 292 g/mol.